The average Bonchev–Trinajstić information content (AvgIpc) is 1.89. The number of hydrogen-bond donors (Lipinski definition) is 2. The van der Waals surface area contributed by atoms with Crippen LogP contribution in [0.1, 0.15) is 19.3 Å². The molecule has 0 saturated carbocycles. The molecular formula is C6H14N2S. The van der Waals surface area contributed by atoms with Crippen molar-refractivity contribution in [3.05, 3.63) is 0 Å². The molecule has 0 heterocycles. The van der Waals surface area contributed by atoms with E-state index in [1.54, 1.807) is 5.37 Å². The van der Waals surface area contributed by atoms with Gasteiger partial charge in [-0.2, -0.15) is 0 Å². The van der Waals surface area contributed by atoms with Gasteiger partial charge in [0.1, 0.15) is 0 Å². The lowest BCUT2D eigenvalue weighted by Crippen LogP contribution is -2.20. The van der Waals surface area contributed by atoms with Crippen LogP contribution >= 0.6 is 12.2 Å². The molecule has 0 saturated heterocycles. The Morgan fingerprint density at radius 1 is 1.44 bits per heavy atom. The molecule has 0 aliphatic rings. The van der Waals surface area contributed by atoms with Crippen molar-refractivity contribution < 1.29 is 0 Å². The third-order valence-corrected chi connectivity index (χ3v) is 1.52. The lowest BCUT2D eigenvalue weighted by atomic mass is 10.1. The van der Waals surface area contributed by atoms with Crippen molar-refractivity contribution in [2.45, 2.75) is 25.3 Å². The topological polar surface area (TPSA) is 52.0 Å². The minimum atomic E-state index is 0.0894. The molecule has 0 bridgehead atoms. The Labute approximate surface area is 61.6 Å². The van der Waals surface area contributed by atoms with Crippen LogP contribution in [0.15, 0.2) is 0 Å². The summed E-state index contributed by atoms with van der Waals surface area (Å²) >= 11 is 4.64. The summed E-state index contributed by atoms with van der Waals surface area (Å²) in [6.07, 6.45) is 3.11. The highest BCUT2D eigenvalue weighted by atomic mass is 32.1. The van der Waals surface area contributed by atoms with Gasteiger partial charge in [0.15, 0.2) is 0 Å². The van der Waals surface area contributed by atoms with E-state index >= 15 is 0 Å². The third-order valence-electron chi connectivity index (χ3n) is 1.17. The Kier molecular flexibility index (Phi) is 6.14. The molecule has 0 rings (SSSR count). The maximum Gasteiger partial charge on any atom is 0.0328 e. The number of thiocarbonyl (C=S) groups is 1. The standard InChI is InChI=1S/C6H14N2S/c7-4-2-1-3-6(8)5-9/h5-6H,1-4,7-8H2. The van der Waals surface area contributed by atoms with Crippen LogP contribution in [-0.2, 0) is 0 Å². The van der Waals surface area contributed by atoms with Crippen molar-refractivity contribution in [1.82, 2.24) is 0 Å². The van der Waals surface area contributed by atoms with Gasteiger partial charge >= 0.3 is 0 Å². The fourth-order valence-corrected chi connectivity index (χ4v) is 0.729. The van der Waals surface area contributed by atoms with E-state index in [0.717, 1.165) is 25.8 Å². The zero-order valence-electron chi connectivity index (χ0n) is 5.55. The Morgan fingerprint density at radius 3 is 2.56 bits per heavy atom. The summed E-state index contributed by atoms with van der Waals surface area (Å²) in [5.41, 5.74) is 10.8. The molecule has 0 amide bonds. The molecule has 0 aliphatic heterocycles. The van der Waals surface area contributed by atoms with E-state index in [2.05, 4.69) is 12.2 Å². The van der Waals surface area contributed by atoms with Crippen molar-refractivity contribution in [3.8, 4) is 0 Å². The van der Waals surface area contributed by atoms with E-state index in [1.165, 1.54) is 0 Å². The normalized spacial score (nSPS) is 13.1. The lowest BCUT2D eigenvalue weighted by molar-refractivity contribution is 0.661. The van der Waals surface area contributed by atoms with Gasteiger partial charge in [0.2, 0.25) is 0 Å². The predicted octanol–water partition coefficient (Wildman–Crippen LogP) is 0.442. The van der Waals surface area contributed by atoms with Crippen LogP contribution in [0.2, 0.25) is 0 Å². The molecule has 1 unspecified atom stereocenters. The monoisotopic (exact) mass is 146 g/mol. The summed E-state index contributed by atoms with van der Waals surface area (Å²) in [5, 5.41) is 1.61. The predicted molar refractivity (Wildman–Crippen MR) is 44.5 cm³/mol. The Hall–Kier alpha value is 0.01000. The smallest absolute Gasteiger partial charge is 0.0328 e. The largest absolute Gasteiger partial charge is 0.330 e. The van der Waals surface area contributed by atoms with E-state index in [1.807, 2.05) is 0 Å². The zero-order chi connectivity index (χ0) is 7.11. The van der Waals surface area contributed by atoms with Crippen molar-refractivity contribution >= 4 is 17.6 Å². The molecular weight excluding hydrogens is 132 g/mol. The second kappa shape index (κ2) is 6.13. The maximum absolute atomic E-state index is 5.51. The van der Waals surface area contributed by atoms with Crippen LogP contribution in [0.4, 0.5) is 0 Å². The van der Waals surface area contributed by atoms with Crippen molar-refractivity contribution in [3.63, 3.8) is 0 Å². The average molecular weight is 146 g/mol. The highest BCUT2D eigenvalue weighted by Gasteiger charge is 1.94. The first kappa shape index (κ1) is 9.01. The van der Waals surface area contributed by atoms with E-state index in [9.17, 15) is 0 Å². The number of unbranched alkanes of at least 4 members (excludes halogenated alkanes) is 1. The molecule has 0 aromatic rings. The molecule has 0 aliphatic carbocycles. The van der Waals surface area contributed by atoms with E-state index < -0.39 is 0 Å². The fraction of sp³-hybridized carbons (Fsp3) is 0.833. The van der Waals surface area contributed by atoms with Gasteiger partial charge in [-0.3, -0.25) is 0 Å². The molecule has 4 N–H and O–H groups in total. The highest BCUT2D eigenvalue weighted by Crippen LogP contribution is 1.95. The summed E-state index contributed by atoms with van der Waals surface area (Å²) in [4.78, 5) is 0. The maximum atomic E-state index is 5.51. The molecule has 3 heteroatoms. The summed E-state index contributed by atoms with van der Waals surface area (Å²) in [6.45, 7) is 0.754. The van der Waals surface area contributed by atoms with Crippen LogP contribution in [0, 0.1) is 0 Å². The Bertz CT molecular complexity index is 75.5. The number of rotatable bonds is 5. The fourth-order valence-electron chi connectivity index (χ4n) is 0.592. The van der Waals surface area contributed by atoms with Crippen molar-refractivity contribution in [2.75, 3.05) is 6.54 Å². The summed E-state index contributed by atoms with van der Waals surface area (Å²) in [5.74, 6) is 0. The molecule has 54 valence electrons. The van der Waals surface area contributed by atoms with Gasteiger partial charge in [0, 0.05) is 6.04 Å². The van der Waals surface area contributed by atoms with E-state index in [-0.39, 0.29) is 6.04 Å². The molecule has 0 aromatic heterocycles. The minimum absolute atomic E-state index is 0.0894. The molecule has 9 heavy (non-hydrogen) atoms. The van der Waals surface area contributed by atoms with Gasteiger partial charge in [-0.15, -0.1) is 0 Å². The summed E-state index contributed by atoms with van der Waals surface area (Å²) < 4.78 is 0. The molecule has 2 nitrogen and oxygen atoms in total. The highest BCUT2D eigenvalue weighted by molar-refractivity contribution is 7.79. The number of nitrogens with two attached hydrogens (primary N) is 2. The second-order valence-corrected chi connectivity index (χ2v) is 2.36. The first-order chi connectivity index (χ1) is 4.31. The molecule has 1 atom stereocenters. The lowest BCUT2D eigenvalue weighted by Gasteiger charge is -2.01. The van der Waals surface area contributed by atoms with Crippen molar-refractivity contribution in [1.29, 1.82) is 0 Å². The van der Waals surface area contributed by atoms with Crippen LogP contribution in [0.3, 0.4) is 0 Å². The number of hydrogen-bond acceptors (Lipinski definition) is 3. The Morgan fingerprint density at radius 2 is 2.11 bits per heavy atom. The first-order valence-electron chi connectivity index (χ1n) is 3.22. The van der Waals surface area contributed by atoms with Gasteiger partial charge in [0.05, 0.1) is 0 Å². The molecule has 0 aromatic carbocycles. The quantitative estimate of drug-likeness (QED) is 0.437. The summed E-state index contributed by atoms with van der Waals surface area (Å²) in [6, 6.07) is 0.0894. The minimum Gasteiger partial charge on any atom is -0.330 e. The second-order valence-electron chi connectivity index (χ2n) is 2.08. The third kappa shape index (κ3) is 5.89. The van der Waals surface area contributed by atoms with E-state index in [4.69, 9.17) is 11.5 Å². The van der Waals surface area contributed by atoms with Gasteiger partial charge in [0.25, 0.3) is 0 Å². The van der Waals surface area contributed by atoms with Crippen LogP contribution < -0.4 is 11.5 Å². The molecule has 0 fully saturated rings. The van der Waals surface area contributed by atoms with Crippen LogP contribution in [0.25, 0.3) is 0 Å². The zero-order valence-corrected chi connectivity index (χ0v) is 6.36. The SMILES string of the molecule is NCCCCC(N)C=S. The van der Waals surface area contributed by atoms with E-state index in [0.29, 0.717) is 0 Å². The van der Waals surface area contributed by atoms with Gasteiger partial charge in [-0.1, -0.05) is 18.6 Å². The molecule has 0 radical (unpaired) electrons. The Balaban J connectivity index is 2.96. The van der Waals surface area contributed by atoms with Gasteiger partial charge in [-0.25, -0.2) is 0 Å². The van der Waals surface area contributed by atoms with Crippen LogP contribution in [-0.4, -0.2) is 18.0 Å². The van der Waals surface area contributed by atoms with Crippen molar-refractivity contribution in [2.24, 2.45) is 11.5 Å². The summed E-state index contributed by atoms with van der Waals surface area (Å²) in [7, 11) is 0. The van der Waals surface area contributed by atoms with Gasteiger partial charge < -0.3 is 11.5 Å². The first-order valence-corrected chi connectivity index (χ1v) is 3.69. The molecule has 0 spiro atoms. The van der Waals surface area contributed by atoms with Crippen LogP contribution in [0.5, 0.6) is 0 Å². The van der Waals surface area contributed by atoms with Gasteiger partial charge in [-0.05, 0) is 24.8 Å².